The molecule has 0 amide bonds. The molecule has 5 heteroatoms. The van der Waals surface area contributed by atoms with E-state index in [0.717, 1.165) is 5.69 Å². The van der Waals surface area contributed by atoms with E-state index >= 15 is 0 Å². The van der Waals surface area contributed by atoms with Crippen molar-refractivity contribution in [3.05, 3.63) is 35.7 Å². The number of ether oxygens (including phenoxy) is 1. The van der Waals surface area contributed by atoms with Gasteiger partial charge in [-0.2, -0.15) is 10.5 Å². The molecule has 110 valence electrons. The van der Waals surface area contributed by atoms with Gasteiger partial charge >= 0.3 is 0 Å². The van der Waals surface area contributed by atoms with Gasteiger partial charge in [-0.15, -0.1) is 0 Å². The number of nitriles is 2. The fourth-order valence-corrected chi connectivity index (χ4v) is 1.91. The molecule has 0 saturated carbocycles. The van der Waals surface area contributed by atoms with Crippen LogP contribution in [0.15, 0.2) is 35.7 Å². The lowest BCUT2D eigenvalue weighted by atomic mass is 10.3. The summed E-state index contributed by atoms with van der Waals surface area (Å²) in [5.74, 6) is 0.835. The predicted octanol–water partition coefficient (Wildman–Crippen LogP) is 1.68. The molecule has 1 aromatic rings. The Labute approximate surface area is 126 Å². The molecule has 1 aliphatic rings. The van der Waals surface area contributed by atoms with Crippen LogP contribution < -0.4 is 15.0 Å². The standard InChI is InChI=1S/C10H5N3O.C6H15N/c11-5-7(6-12)10-13-8-3-1-2-4-9(8)14-10;1-4-7(5-2)6-3/h1-4,13H;4-6H2,1-3H3/p+1. The maximum atomic E-state index is 8.62. The Bertz CT molecular complexity index is 528. The second-order valence-electron chi connectivity index (χ2n) is 4.46. The topological polar surface area (TPSA) is 73.3 Å². The van der Waals surface area contributed by atoms with Crippen LogP contribution in [-0.4, -0.2) is 19.6 Å². The Hall–Kier alpha value is -2.50. The summed E-state index contributed by atoms with van der Waals surface area (Å²) in [4.78, 5) is 1.68. The van der Waals surface area contributed by atoms with Crippen LogP contribution >= 0.6 is 0 Å². The smallest absolute Gasteiger partial charge is 0.226 e. The SMILES string of the molecule is CC[NH+](CC)CC.N#CC(C#N)=C1Nc2ccccc2O1. The van der Waals surface area contributed by atoms with Crippen molar-refractivity contribution < 1.29 is 9.64 Å². The molecule has 0 saturated heterocycles. The number of nitrogens with zero attached hydrogens (tertiary/aromatic N) is 2. The monoisotopic (exact) mass is 285 g/mol. The van der Waals surface area contributed by atoms with Crippen LogP contribution in [0.4, 0.5) is 5.69 Å². The van der Waals surface area contributed by atoms with Crippen LogP contribution in [0.25, 0.3) is 0 Å². The fourth-order valence-electron chi connectivity index (χ4n) is 1.91. The average molecular weight is 285 g/mol. The lowest BCUT2D eigenvalue weighted by Crippen LogP contribution is -3.11. The van der Waals surface area contributed by atoms with Gasteiger partial charge in [0.05, 0.1) is 25.3 Å². The Kier molecular flexibility index (Phi) is 6.80. The summed E-state index contributed by atoms with van der Waals surface area (Å²) in [5, 5.41) is 20.1. The largest absolute Gasteiger partial charge is 0.437 e. The Morgan fingerprint density at radius 3 is 2.10 bits per heavy atom. The third kappa shape index (κ3) is 4.52. The summed E-state index contributed by atoms with van der Waals surface area (Å²) in [6, 6.07) is 10.8. The van der Waals surface area contributed by atoms with Gasteiger partial charge in [-0.3, -0.25) is 0 Å². The van der Waals surface area contributed by atoms with Crippen LogP contribution in [0.1, 0.15) is 20.8 Å². The van der Waals surface area contributed by atoms with Gasteiger partial charge in [0.15, 0.2) is 11.3 Å². The van der Waals surface area contributed by atoms with Crippen molar-refractivity contribution in [2.24, 2.45) is 0 Å². The molecule has 21 heavy (non-hydrogen) atoms. The van der Waals surface area contributed by atoms with Gasteiger partial charge in [-0.25, -0.2) is 0 Å². The van der Waals surface area contributed by atoms with E-state index in [0.29, 0.717) is 5.75 Å². The molecule has 1 heterocycles. The maximum absolute atomic E-state index is 8.62. The molecule has 1 aliphatic heterocycles. The van der Waals surface area contributed by atoms with Gasteiger partial charge in [0.25, 0.3) is 0 Å². The van der Waals surface area contributed by atoms with Crippen LogP contribution in [0, 0.1) is 22.7 Å². The second-order valence-corrected chi connectivity index (χ2v) is 4.46. The number of hydrogen-bond donors (Lipinski definition) is 2. The highest BCUT2D eigenvalue weighted by Crippen LogP contribution is 2.33. The average Bonchev–Trinajstić information content (AvgIpc) is 2.94. The van der Waals surface area contributed by atoms with Gasteiger partial charge < -0.3 is 15.0 Å². The third-order valence-corrected chi connectivity index (χ3v) is 3.30. The van der Waals surface area contributed by atoms with Crippen LogP contribution in [0.3, 0.4) is 0 Å². The summed E-state index contributed by atoms with van der Waals surface area (Å²) >= 11 is 0. The van der Waals surface area contributed by atoms with E-state index < -0.39 is 0 Å². The van der Waals surface area contributed by atoms with Crippen molar-refractivity contribution >= 4 is 5.69 Å². The van der Waals surface area contributed by atoms with Gasteiger partial charge in [0.1, 0.15) is 12.1 Å². The lowest BCUT2D eigenvalue weighted by molar-refractivity contribution is -0.894. The van der Waals surface area contributed by atoms with E-state index in [1.165, 1.54) is 19.6 Å². The van der Waals surface area contributed by atoms with Crippen LogP contribution in [0.5, 0.6) is 5.75 Å². The number of benzene rings is 1. The molecule has 0 fully saturated rings. The summed E-state index contributed by atoms with van der Waals surface area (Å²) in [6.07, 6.45) is 0. The maximum Gasteiger partial charge on any atom is 0.226 e. The summed E-state index contributed by atoms with van der Waals surface area (Å²) < 4.78 is 5.27. The number of rotatable bonds is 3. The molecule has 2 rings (SSSR count). The number of fused-ring (bicyclic) bond motifs is 1. The van der Waals surface area contributed by atoms with Gasteiger partial charge in [-0.1, -0.05) is 12.1 Å². The highest BCUT2D eigenvalue weighted by Gasteiger charge is 2.19. The molecule has 0 bridgehead atoms. The zero-order valence-electron chi connectivity index (χ0n) is 12.7. The normalized spacial score (nSPS) is 11.2. The first-order chi connectivity index (χ1) is 10.2. The number of allylic oxidation sites excluding steroid dienone is 1. The number of hydrogen-bond acceptors (Lipinski definition) is 4. The molecule has 0 radical (unpaired) electrons. The van der Waals surface area contributed by atoms with E-state index in [-0.39, 0.29) is 11.5 Å². The first kappa shape index (κ1) is 16.6. The van der Waals surface area contributed by atoms with Gasteiger partial charge in [0.2, 0.25) is 5.88 Å². The summed E-state index contributed by atoms with van der Waals surface area (Å²) in [7, 11) is 0. The number of para-hydroxylation sites is 2. The molecule has 0 spiro atoms. The Morgan fingerprint density at radius 1 is 1.10 bits per heavy atom. The van der Waals surface area contributed by atoms with Crippen molar-refractivity contribution in [3.8, 4) is 17.9 Å². The Balaban J connectivity index is 0.000000270. The summed E-state index contributed by atoms with van der Waals surface area (Å²) in [5.41, 5.74) is 0.715. The molecule has 5 nitrogen and oxygen atoms in total. The minimum Gasteiger partial charge on any atom is -0.437 e. The molecule has 2 N–H and O–H groups in total. The van der Waals surface area contributed by atoms with E-state index in [4.69, 9.17) is 15.3 Å². The molecule has 0 aliphatic carbocycles. The van der Waals surface area contributed by atoms with E-state index in [2.05, 4.69) is 26.1 Å². The van der Waals surface area contributed by atoms with Crippen molar-refractivity contribution in [3.63, 3.8) is 0 Å². The quantitative estimate of drug-likeness (QED) is 0.829. The number of quaternary nitrogens is 1. The molecule has 1 aromatic carbocycles. The molecule has 0 unspecified atom stereocenters. The van der Waals surface area contributed by atoms with Crippen molar-refractivity contribution in [1.82, 2.24) is 0 Å². The van der Waals surface area contributed by atoms with Crippen molar-refractivity contribution in [2.75, 3.05) is 25.0 Å². The predicted molar refractivity (Wildman–Crippen MR) is 81.5 cm³/mol. The fraction of sp³-hybridized carbons (Fsp3) is 0.375. The van der Waals surface area contributed by atoms with E-state index in [9.17, 15) is 0 Å². The second kappa shape index (κ2) is 8.63. The minimum atomic E-state index is -0.0544. The Morgan fingerprint density at radius 2 is 1.67 bits per heavy atom. The van der Waals surface area contributed by atoms with E-state index in [1.807, 2.05) is 18.2 Å². The third-order valence-electron chi connectivity index (χ3n) is 3.30. The molecule has 0 aromatic heterocycles. The highest BCUT2D eigenvalue weighted by molar-refractivity contribution is 5.65. The number of nitrogens with one attached hydrogen (secondary N) is 2. The zero-order chi connectivity index (χ0) is 15.7. The minimum absolute atomic E-state index is 0.0544. The van der Waals surface area contributed by atoms with Gasteiger partial charge in [-0.05, 0) is 32.9 Å². The van der Waals surface area contributed by atoms with Crippen molar-refractivity contribution in [2.45, 2.75) is 20.8 Å². The highest BCUT2D eigenvalue weighted by atomic mass is 16.5. The molecular formula is C16H21N4O+. The van der Waals surface area contributed by atoms with E-state index in [1.54, 1.807) is 23.1 Å². The molecule has 0 atom stereocenters. The van der Waals surface area contributed by atoms with Gasteiger partial charge in [0, 0.05) is 0 Å². The number of anilines is 1. The lowest BCUT2D eigenvalue weighted by Gasteiger charge is -2.10. The molecular weight excluding hydrogens is 264 g/mol. The zero-order valence-corrected chi connectivity index (χ0v) is 12.7. The van der Waals surface area contributed by atoms with Crippen molar-refractivity contribution in [1.29, 1.82) is 10.5 Å². The van der Waals surface area contributed by atoms with Crippen LogP contribution in [0.2, 0.25) is 0 Å². The summed E-state index contributed by atoms with van der Waals surface area (Å²) in [6.45, 7) is 10.5. The first-order valence-electron chi connectivity index (χ1n) is 7.11. The van der Waals surface area contributed by atoms with Crippen LogP contribution in [-0.2, 0) is 0 Å². The first-order valence-corrected chi connectivity index (χ1v) is 7.11.